The Labute approximate surface area is 140 Å². The molecule has 0 saturated heterocycles. The average molecular weight is 324 g/mol. The van der Waals surface area contributed by atoms with Crippen LogP contribution in [-0.2, 0) is 13.1 Å². The number of imidazole rings is 1. The van der Waals surface area contributed by atoms with Crippen molar-refractivity contribution in [2.75, 3.05) is 0 Å². The quantitative estimate of drug-likeness (QED) is 0.552. The van der Waals surface area contributed by atoms with Gasteiger partial charge >= 0.3 is 0 Å². The summed E-state index contributed by atoms with van der Waals surface area (Å²) < 4.78 is 2.21. The van der Waals surface area contributed by atoms with E-state index < -0.39 is 0 Å². The summed E-state index contributed by atoms with van der Waals surface area (Å²) in [6.45, 7) is 5.69. The van der Waals surface area contributed by atoms with Gasteiger partial charge in [-0.15, -0.1) is 0 Å². The molecule has 1 N–H and O–H groups in total. The van der Waals surface area contributed by atoms with Crippen molar-refractivity contribution in [1.82, 2.24) is 14.9 Å². The second-order valence-electron chi connectivity index (χ2n) is 5.73. The van der Waals surface area contributed by atoms with E-state index >= 15 is 0 Å². The molecule has 0 bridgehead atoms. The zero-order valence-electron chi connectivity index (χ0n) is 13.8. The molecule has 6 heteroatoms. The van der Waals surface area contributed by atoms with Crippen LogP contribution < -0.4 is 5.32 Å². The summed E-state index contributed by atoms with van der Waals surface area (Å²) in [5.41, 5.74) is 3.25. The topological polar surface area (TPSA) is 73.0 Å². The summed E-state index contributed by atoms with van der Waals surface area (Å²) in [7, 11) is 0. The monoisotopic (exact) mass is 324 g/mol. The molecule has 1 heterocycles. The summed E-state index contributed by atoms with van der Waals surface area (Å²) in [6.07, 6.45) is 0. The van der Waals surface area contributed by atoms with Crippen LogP contribution in [0.4, 0.5) is 5.69 Å². The fraction of sp³-hybridized carbons (Fsp3) is 0.278. The summed E-state index contributed by atoms with van der Waals surface area (Å²) >= 11 is 0. The zero-order valence-corrected chi connectivity index (χ0v) is 13.8. The Hall–Kier alpha value is -2.73. The van der Waals surface area contributed by atoms with Crippen LogP contribution in [0, 0.1) is 10.1 Å². The maximum absolute atomic E-state index is 10.7. The first-order valence-corrected chi connectivity index (χ1v) is 8.02. The van der Waals surface area contributed by atoms with E-state index in [1.807, 2.05) is 18.2 Å². The van der Waals surface area contributed by atoms with Crippen molar-refractivity contribution in [3.05, 3.63) is 70.0 Å². The predicted molar refractivity (Wildman–Crippen MR) is 93.8 cm³/mol. The van der Waals surface area contributed by atoms with Crippen LogP contribution in [0.1, 0.15) is 31.3 Å². The number of aryl methyl sites for hydroxylation is 1. The number of nitro benzene ring substituents is 1. The molecule has 3 aromatic rings. The molecule has 0 aliphatic carbocycles. The lowest BCUT2D eigenvalue weighted by Gasteiger charge is -2.15. The highest BCUT2D eigenvalue weighted by atomic mass is 16.6. The van der Waals surface area contributed by atoms with Gasteiger partial charge in [-0.2, -0.15) is 0 Å². The van der Waals surface area contributed by atoms with E-state index in [0.717, 1.165) is 29.0 Å². The number of nitrogens with zero attached hydrogens (tertiary/aromatic N) is 3. The minimum Gasteiger partial charge on any atom is -0.327 e. The lowest BCUT2D eigenvalue weighted by molar-refractivity contribution is -0.384. The van der Waals surface area contributed by atoms with Crippen molar-refractivity contribution in [3.63, 3.8) is 0 Å². The van der Waals surface area contributed by atoms with Gasteiger partial charge in [0, 0.05) is 25.2 Å². The number of hydrogen-bond donors (Lipinski definition) is 1. The number of benzene rings is 2. The number of aromatic nitrogens is 2. The van der Waals surface area contributed by atoms with Crippen molar-refractivity contribution in [3.8, 4) is 0 Å². The van der Waals surface area contributed by atoms with Crippen LogP contribution in [0.25, 0.3) is 11.0 Å². The second-order valence-corrected chi connectivity index (χ2v) is 5.73. The third kappa shape index (κ3) is 3.14. The summed E-state index contributed by atoms with van der Waals surface area (Å²) in [5.74, 6) is 1.00. The van der Waals surface area contributed by atoms with E-state index in [4.69, 9.17) is 4.98 Å². The highest BCUT2D eigenvalue weighted by Gasteiger charge is 2.15. The summed E-state index contributed by atoms with van der Waals surface area (Å²) in [5, 5.41) is 14.1. The van der Waals surface area contributed by atoms with Crippen molar-refractivity contribution in [2.24, 2.45) is 0 Å². The van der Waals surface area contributed by atoms with Gasteiger partial charge in [0.15, 0.2) is 0 Å². The molecule has 0 saturated carbocycles. The zero-order chi connectivity index (χ0) is 17.1. The largest absolute Gasteiger partial charge is 0.327 e. The Bertz CT molecular complexity index is 855. The average Bonchev–Trinajstić information content (AvgIpc) is 2.98. The lowest BCUT2D eigenvalue weighted by atomic mass is 10.2. The first kappa shape index (κ1) is 16.1. The number of nitrogens with one attached hydrogen (secondary N) is 1. The van der Waals surface area contributed by atoms with Crippen molar-refractivity contribution >= 4 is 16.7 Å². The standard InChI is InChI=1S/C18H20N4O2/c1-3-21-17-7-5-4-6-16(17)20-18(21)13(2)19-12-14-8-10-15(11-9-14)22(23)24/h4-11,13,19H,3,12H2,1-2H3. The van der Waals surface area contributed by atoms with E-state index in [1.165, 1.54) is 12.1 Å². The van der Waals surface area contributed by atoms with Gasteiger partial charge < -0.3 is 9.88 Å². The van der Waals surface area contributed by atoms with Gasteiger partial charge in [-0.1, -0.05) is 24.3 Å². The molecule has 0 amide bonds. The molecule has 3 rings (SSSR count). The highest BCUT2D eigenvalue weighted by Crippen LogP contribution is 2.21. The van der Waals surface area contributed by atoms with Crippen LogP contribution in [0.5, 0.6) is 0 Å². The molecule has 0 aliphatic rings. The van der Waals surface area contributed by atoms with Crippen molar-refractivity contribution in [1.29, 1.82) is 0 Å². The van der Waals surface area contributed by atoms with Gasteiger partial charge in [0.05, 0.1) is 22.0 Å². The Balaban J connectivity index is 1.75. The van der Waals surface area contributed by atoms with E-state index in [9.17, 15) is 10.1 Å². The molecule has 6 nitrogen and oxygen atoms in total. The van der Waals surface area contributed by atoms with Gasteiger partial charge in [0.25, 0.3) is 5.69 Å². The first-order valence-electron chi connectivity index (χ1n) is 8.02. The first-order chi connectivity index (χ1) is 11.6. The van der Waals surface area contributed by atoms with E-state index in [-0.39, 0.29) is 16.7 Å². The fourth-order valence-corrected chi connectivity index (χ4v) is 2.85. The van der Waals surface area contributed by atoms with Gasteiger partial charge in [0.1, 0.15) is 5.82 Å². The smallest absolute Gasteiger partial charge is 0.269 e. The normalized spacial score (nSPS) is 12.4. The molecule has 0 spiro atoms. The molecular weight excluding hydrogens is 304 g/mol. The molecule has 24 heavy (non-hydrogen) atoms. The molecule has 124 valence electrons. The van der Waals surface area contributed by atoms with E-state index in [0.29, 0.717) is 6.54 Å². The number of fused-ring (bicyclic) bond motifs is 1. The van der Waals surface area contributed by atoms with Crippen LogP contribution in [0.3, 0.4) is 0 Å². The van der Waals surface area contributed by atoms with Crippen LogP contribution in [0.15, 0.2) is 48.5 Å². The minimum atomic E-state index is -0.385. The molecule has 2 aromatic carbocycles. The molecular formula is C18H20N4O2. The Morgan fingerprint density at radius 3 is 2.58 bits per heavy atom. The number of nitro groups is 1. The van der Waals surface area contributed by atoms with Crippen molar-refractivity contribution < 1.29 is 4.92 Å². The number of para-hydroxylation sites is 2. The molecule has 1 atom stereocenters. The van der Waals surface area contributed by atoms with Crippen LogP contribution in [0.2, 0.25) is 0 Å². The van der Waals surface area contributed by atoms with Gasteiger partial charge in [-0.3, -0.25) is 10.1 Å². The number of rotatable bonds is 6. The van der Waals surface area contributed by atoms with Crippen molar-refractivity contribution in [2.45, 2.75) is 33.0 Å². The molecule has 0 fully saturated rings. The molecule has 1 aromatic heterocycles. The maximum Gasteiger partial charge on any atom is 0.269 e. The molecule has 0 aliphatic heterocycles. The SMILES string of the molecule is CCn1c(C(C)NCc2ccc([N+](=O)[O-])cc2)nc2ccccc21. The minimum absolute atomic E-state index is 0.0764. The third-order valence-corrected chi connectivity index (χ3v) is 4.15. The fourth-order valence-electron chi connectivity index (χ4n) is 2.85. The Morgan fingerprint density at radius 1 is 1.21 bits per heavy atom. The summed E-state index contributed by atoms with van der Waals surface area (Å²) in [4.78, 5) is 15.1. The van der Waals surface area contributed by atoms with Crippen LogP contribution in [-0.4, -0.2) is 14.5 Å². The Kier molecular flexibility index (Phi) is 4.57. The summed E-state index contributed by atoms with van der Waals surface area (Å²) in [6, 6.07) is 14.8. The Morgan fingerprint density at radius 2 is 1.92 bits per heavy atom. The van der Waals surface area contributed by atoms with Crippen LogP contribution >= 0.6 is 0 Å². The second kappa shape index (κ2) is 6.80. The molecule has 1 unspecified atom stereocenters. The number of non-ortho nitro benzene ring substituents is 1. The third-order valence-electron chi connectivity index (χ3n) is 4.15. The van der Waals surface area contributed by atoms with Gasteiger partial charge in [-0.05, 0) is 31.5 Å². The highest BCUT2D eigenvalue weighted by molar-refractivity contribution is 5.76. The van der Waals surface area contributed by atoms with Gasteiger partial charge in [-0.25, -0.2) is 4.98 Å². The van der Waals surface area contributed by atoms with E-state index in [2.05, 4.69) is 29.8 Å². The van der Waals surface area contributed by atoms with Gasteiger partial charge in [0.2, 0.25) is 0 Å². The number of hydrogen-bond acceptors (Lipinski definition) is 4. The van der Waals surface area contributed by atoms with E-state index in [1.54, 1.807) is 12.1 Å². The predicted octanol–water partition coefficient (Wildman–Crippen LogP) is 3.82. The maximum atomic E-state index is 10.7. The molecule has 0 radical (unpaired) electrons. The lowest BCUT2D eigenvalue weighted by Crippen LogP contribution is -2.21.